The summed E-state index contributed by atoms with van der Waals surface area (Å²) in [5.74, 6) is 0.655. The van der Waals surface area contributed by atoms with Gasteiger partial charge in [0, 0.05) is 11.6 Å². The highest BCUT2D eigenvalue weighted by Crippen LogP contribution is 2.13. The van der Waals surface area contributed by atoms with Crippen molar-refractivity contribution in [2.75, 3.05) is 7.05 Å². The van der Waals surface area contributed by atoms with E-state index in [0.717, 1.165) is 6.42 Å². The van der Waals surface area contributed by atoms with E-state index >= 15 is 0 Å². The Hall–Kier alpha value is -0.0800. The maximum absolute atomic E-state index is 5.91. The lowest BCUT2D eigenvalue weighted by Gasteiger charge is -2.28. The second-order valence-electron chi connectivity index (χ2n) is 4.33. The summed E-state index contributed by atoms with van der Waals surface area (Å²) < 4.78 is 0. The van der Waals surface area contributed by atoms with Crippen LogP contribution in [-0.2, 0) is 0 Å². The standard InChI is InChI=1S/C9H22N2/c1-7(2)8(11-5)6-9(3,4)10/h7-8,11H,6,10H2,1-5H3. The molecule has 11 heavy (non-hydrogen) atoms. The Morgan fingerprint density at radius 1 is 1.36 bits per heavy atom. The molecule has 0 radical (unpaired) electrons. The van der Waals surface area contributed by atoms with E-state index < -0.39 is 0 Å². The summed E-state index contributed by atoms with van der Waals surface area (Å²) in [6.45, 7) is 8.57. The van der Waals surface area contributed by atoms with Crippen molar-refractivity contribution < 1.29 is 0 Å². The Morgan fingerprint density at radius 3 is 1.91 bits per heavy atom. The van der Waals surface area contributed by atoms with E-state index in [2.05, 4.69) is 33.0 Å². The molecule has 1 atom stereocenters. The van der Waals surface area contributed by atoms with Crippen LogP contribution < -0.4 is 11.1 Å². The van der Waals surface area contributed by atoms with Crippen LogP contribution in [-0.4, -0.2) is 18.6 Å². The van der Waals surface area contributed by atoms with E-state index in [1.165, 1.54) is 0 Å². The number of nitrogens with one attached hydrogen (secondary N) is 1. The van der Waals surface area contributed by atoms with Crippen LogP contribution in [0.4, 0.5) is 0 Å². The average molecular weight is 158 g/mol. The summed E-state index contributed by atoms with van der Waals surface area (Å²) in [7, 11) is 2.00. The van der Waals surface area contributed by atoms with Crippen LogP contribution in [0.15, 0.2) is 0 Å². The summed E-state index contributed by atoms with van der Waals surface area (Å²) >= 11 is 0. The van der Waals surface area contributed by atoms with Gasteiger partial charge in [-0.05, 0) is 33.2 Å². The van der Waals surface area contributed by atoms with Crippen LogP contribution in [0.5, 0.6) is 0 Å². The monoisotopic (exact) mass is 158 g/mol. The van der Waals surface area contributed by atoms with Gasteiger partial charge < -0.3 is 11.1 Å². The summed E-state index contributed by atoms with van der Waals surface area (Å²) in [5.41, 5.74) is 5.85. The Bertz CT molecular complexity index is 103. The van der Waals surface area contributed by atoms with Crippen LogP contribution in [0.2, 0.25) is 0 Å². The minimum atomic E-state index is -0.0576. The van der Waals surface area contributed by atoms with Crippen molar-refractivity contribution in [1.82, 2.24) is 5.32 Å². The zero-order valence-electron chi connectivity index (χ0n) is 8.44. The minimum Gasteiger partial charge on any atom is -0.326 e. The lowest BCUT2D eigenvalue weighted by molar-refractivity contribution is 0.326. The third-order valence-corrected chi connectivity index (χ3v) is 1.92. The van der Waals surface area contributed by atoms with Gasteiger partial charge in [-0.3, -0.25) is 0 Å². The second kappa shape index (κ2) is 4.07. The third kappa shape index (κ3) is 5.22. The molecule has 0 rings (SSSR count). The zero-order chi connectivity index (χ0) is 9.07. The first-order valence-corrected chi connectivity index (χ1v) is 4.33. The van der Waals surface area contributed by atoms with Crippen molar-refractivity contribution >= 4 is 0 Å². The van der Waals surface area contributed by atoms with Crippen LogP contribution in [0.25, 0.3) is 0 Å². The van der Waals surface area contributed by atoms with Crippen molar-refractivity contribution in [3.8, 4) is 0 Å². The van der Waals surface area contributed by atoms with Gasteiger partial charge in [0.2, 0.25) is 0 Å². The first kappa shape index (κ1) is 10.9. The summed E-state index contributed by atoms with van der Waals surface area (Å²) in [5, 5.41) is 3.28. The maximum Gasteiger partial charge on any atom is 0.0112 e. The van der Waals surface area contributed by atoms with Crippen LogP contribution in [0.3, 0.4) is 0 Å². The van der Waals surface area contributed by atoms with Gasteiger partial charge in [-0.1, -0.05) is 13.8 Å². The first-order valence-electron chi connectivity index (χ1n) is 4.33. The van der Waals surface area contributed by atoms with Gasteiger partial charge in [-0.15, -0.1) is 0 Å². The van der Waals surface area contributed by atoms with Crippen molar-refractivity contribution in [1.29, 1.82) is 0 Å². The van der Waals surface area contributed by atoms with Gasteiger partial charge in [0.25, 0.3) is 0 Å². The van der Waals surface area contributed by atoms with Gasteiger partial charge in [0.15, 0.2) is 0 Å². The van der Waals surface area contributed by atoms with Crippen molar-refractivity contribution in [3.05, 3.63) is 0 Å². The van der Waals surface area contributed by atoms with E-state index in [4.69, 9.17) is 5.73 Å². The lowest BCUT2D eigenvalue weighted by Crippen LogP contribution is -2.43. The van der Waals surface area contributed by atoms with Crippen LogP contribution in [0.1, 0.15) is 34.1 Å². The van der Waals surface area contributed by atoms with E-state index in [1.807, 2.05) is 7.05 Å². The molecule has 0 aromatic rings. The molecule has 0 saturated heterocycles. The Morgan fingerprint density at radius 2 is 1.82 bits per heavy atom. The van der Waals surface area contributed by atoms with Crippen LogP contribution >= 0.6 is 0 Å². The molecule has 1 unspecified atom stereocenters. The average Bonchev–Trinajstić information content (AvgIpc) is 1.80. The van der Waals surface area contributed by atoms with E-state index in [0.29, 0.717) is 12.0 Å². The fourth-order valence-corrected chi connectivity index (χ4v) is 1.24. The Balaban J connectivity index is 3.88. The molecular formula is C9H22N2. The predicted octanol–water partition coefficient (Wildman–Crippen LogP) is 1.36. The molecule has 68 valence electrons. The van der Waals surface area contributed by atoms with Gasteiger partial charge in [-0.25, -0.2) is 0 Å². The van der Waals surface area contributed by atoms with E-state index in [-0.39, 0.29) is 5.54 Å². The summed E-state index contributed by atoms with van der Waals surface area (Å²) in [6, 6.07) is 0.537. The van der Waals surface area contributed by atoms with Crippen molar-refractivity contribution in [2.24, 2.45) is 11.7 Å². The minimum absolute atomic E-state index is 0.0576. The third-order valence-electron chi connectivity index (χ3n) is 1.92. The van der Waals surface area contributed by atoms with Gasteiger partial charge in [0.1, 0.15) is 0 Å². The van der Waals surface area contributed by atoms with E-state index in [1.54, 1.807) is 0 Å². The number of hydrogen-bond donors (Lipinski definition) is 2. The molecule has 0 aromatic carbocycles. The highest BCUT2D eigenvalue weighted by atomic mass is 14.9. The van der Waals surface area contributed by atoms with Crippen molar-refractivity contribution in [3.63, 3.8) is 0 Å². The predicted molar refractivity (Wildman–Crippen MR) is 50.6 cm³/mol. The molecule has 0 aliphatic heterocycles. The number of rotatable bonds is 4. The number of hydrogen-bond acceptors (Lipinski definition) is 2. The van der Waals surface area contributed by atoms with Crippen LogP contribution in [0, 0.1) is 5.92 Å². The topological polar surface area (TPSA) is 38.0 Å². The molecule has 0 aromatic heterocycles. The SMILES string of the molecule is CNC(CC(C)(C)N)C(C)C. The normalized spacial score (nSPS) is 15.5. The van der Waals surface area contributed by atoms with E-state index in [9.17, 15) is 0 Å². The number of nitrogens with two attached hydrogens (primary N) is 1. The molecule has 0 bridgehead atoms. The molecular weight excluding hydrogens is 136 g/mol. The Kier molecular flexibility index (Phi) is 4.04. The quantitative estimate of drug-likeness (QED) is 0.648. The van der Waals surface area contributed by atoms with Gasteiger partial charge in [-0.2, -0.15) is 0 Å². The van der Waals surface area contributed by atoms with Crippen molar-refractivity contribution in [2.45, 2.75) is 45.7 Å². The molecule has 0 aliphatic rings. The molecule has 0 heterocycles. The zero-order valence-corrected chi connectivity index (χ0v) is 8.44. The van der Waals surface area contributed by atoms with Gasteiger partial charge in [0.05, 0.1) is 0 Å². The molecule has 0 saturated carbocycles. The molecule has 0 spiro atoms. The first-order chi connectivity index (χ1) is 4.87. The molecule has 2 heteroatoms. The second-order valence-corrected chi connectivity index (χ2v) is 4.33. The molecule has 2 nitrogen and oxygen atoms in total. The largest absolute Gasteiger partial charge is 0.326 e. The fourth-order valence-electron chi connectivity index (χ4n) is 1.24. The maximum atomic E-state index is 5.91. The smallest absolute Gasteiger partial charge is 0.0112 e. The summed E-state index contributed by atoms with van der Waals surface area (Å²) in [4.78, 5) is 0. The Labute approximate surface area is 70.5 Å². The molecule has 3 N–H and O–H groups in total. The summed E-state index contributed by atoms with van der Waals surface area (Å²) in [6.07, 6.45) is 1.03. The van der Waals surface area contributed by atoms with Gasteiger partial charge >= 0.3 is 0 Å². The molecule has 0 aliphatic carbocycles. The molecule has 0 amide bonds. The lowest BCUT2D eigenvalue weighted by atomic mass is 9.90. The highest BCUT2D eigenvalue weighted by Gasteiger charge is 2.19. The molecule has 0 fully saturated rings. The highest BCUT2D eigenvalue weighted by molar-refractivity contribution is 4.81. The fraction of sp³-hybridized carbons (Fsp3) is 1.00.